The van der Waals surface area contributed by atoms with Gasteiger partial charge in [-0.3, -0.25) is 9.59 Å². The van der Waals surface area contributed by atoms with Crippen molar-refractivity contribution in [2.24, 2.45) is 0 Å². The Bertz CT molecular complexity index is 593. The van der Waals surface area contributed by atoms with Crippen LogP contribution in [-0.4, -0.2) is 43.7 Å². The predicted octanol–water partition coefficient (Wildman–Crippen LogP) is 1.76. The topological polar surface area (TPSA) is 90.9 Å². The summed E-state index contributed by atoms with van der Waals surface area (Å²) in [6.07, 6.45) is -1.24. The average molecular weight is 351 g/mol. The van der Waals surface area contributed by atoms with Gasteiger partial charge in [-0.05, 0) is 26.3 Å². The van der Waals surface area contributed by atoms with E-state index in [0.29, 0.717) is 5.56 Å². The molecule has 1 aromatic carbocycles. The minimum Gasteiger partial charge on any atom is -0.467 e. The van der Waals surface area contributed by atoms with Gasteiger partial charge in [0.15, 0.2) is 6.10 Å². The lowest BCUT2D eigenvalue weighted by Gasteiger charge is -2.23. The van der Waals surface area contributed by atoms with Crippen LogP contribution in [0.2, 0.25) is 0 Å². The lowest BCUT2D eigenvalue weighted by Crippen LogP contribution is -2.45. The second-order valence-electron chi connectivity index (χ2n) is 6.40. The quantitative estimate of drug-likeness (QED) is 0.753. The Hall–Kier alpha value is -2.41. The van der Waals surface area contributed by atoms with E-state index in [1.54, 1.807) is 45.0 Å². The van der Waals surface area contributed by atoms with Crippen LogP contribution in [0.3, 0.4) is 0 Å². The molecule has 0 aliphatic heterocycles. The van der Waals surface area contributed by atoms with Crippen LogP contribution in [0.15, 0.2) is 30.3 Å². The number of ether oxygens (including phenoxy) is 3. The molecule has 0 saturated carbocycles. The summed E-state index contributed by atoms with van der Waals surface area (Å²) in [7, 11) is 2.57. The van der Waals surface area contributed by atoms with Crippen LogP contribution in [0.25, 0.3) is 0 Å². The molecule has 0 aliphatic rings. The lowest BCUT2D eigenvalue weighted by atomic mass is 10.1. The lowest BCUT2D eigenvalue weighted by molar-refractivity contribution is -0.159. The van der Waals surface area contributed by atoms with Crippen LogP contribution in [-0.2, 0) is 28.6 Å². The van der Waals surface area contributed by atoms with Crippen molar-refractivity contribution in [1.82, 2.24) is 5.32 Å². The molecular weight excluding hydrogens is 326 g/mol. The number of carbonyl (C=O) groups is 3. The number of rotatable bonds is 7. The van der Waals surface area contributed by atoms with Crippen LogP contribution in [0.1, 0.15) is 38.9 Å². The summed E-state index contributed by atoms with van der Waals surface area (Å²) in [5.74, 6) is -1.90. The van der Waals surface area contributed by atoms with E-state index >= 15 is 0 Å². The van der Waals surface area contributed by atoms with E-state index in [1.807, 2.05) is 6.07 Å². The molecule has 0 fully saturated rings. The molecule has 25 heavy (non-hydrogen) atoms. The highest BCUT2D eigenvalue weighted by atomic mass is 16.6. The first-order valence-corrected chi connectivity index (χ1v) is 7.85. The Kier molecular flexibility index (Phi) is 7.57. The average Bonchev–Trinajstić information content (AvgIpc) is 2.53. The Morgan fingerprint density at radius 2 is 1.68 bits per heavy atom. The Morgan fingerprint density at radius 1 is 1.08 bits per heavy atom. The molecule has 0 unspecified atom stereocenters. The molecule has 138 valence electrons. The van der Waals surface area contributed by atoms with Gasteiger partial charge in [0.2, 0.25) is 0 Å². The van der Waals surface area contributed by atoms with Crippen LogP contribution >= 0.6 is 0 Å². The van der Waals surface area contributed by atoms with Gasteiger partial charge in [-0.2, -0.15) is 0 Å². The van der Waals surface area contributed by atoms with Gasteiger partial charge in [0.05, 0.1) is 13.5 Å². The third-order valence-corrected chi connectivity index (χ3v) is 3.17. The number of carbonyl (C=O) groups excluding carboxylic acids is 3. The van der Waals surface area contributed by atoms with Gasteiger partial charge in [0.1, 0.15) is 11.6 Å². The van der Waals surface area contributed by atoms with Crippen LogP contribution in [0.5, 0.6) is 0 Å². The van der Waals surface area contributed by atoms with Gasteiger partial charge in [-0.15, -0.1) is 0 Å². The monoisotopic (exact) mass is 351 g/mol. The fourth-order valence-corrected chi connectivity index (χ4v) is 2.16. The molecule has 0 bridgehead atoms. The Balaban J connectivity index is 2.85. The number of nitrogens with one attached hydrogen (secondary N) is 1. The van der Waals surface area contributed by atoms with Crippen LogP contribution in [0.4, 0.5) is 0 Å². The molecule has 1 aromatic rings. The molecule has 1 N–H and O–H groups in total. The van der Waals surface area contributed by atoms with Crippen molar-refractivity contribution in [1.29, 1.82) is 0 Å². The fraction of sp³-hybridized carbons (Fsp3) is 0.500. The second kappa shape index (κ2) is 9.17. The summed E-state index contributed by atoms with van der Waals surface area (Å²) in [5, 5.41) is 2.49. The normalized spacial score (nSPS) is 13.5. The van der Waals surface area contributed by atoms with E-state index in [-0.39, 0.29) is 6.42 Å². The van der Waals surface area contributed by atoms with Crippen LogP contribution in [0, 0.1) is 0 Å². The van der Waals surface area contributed by atoms with Crippen molar-refractivity contribution < 1.29 is 28.6 Å². The van der Waals surface area contributed by atoms with Gasteiger partial charge in [-0.25, -0.2) is 4.79 Å². The molecule has 7 heteroatoms. The molecule has 0 radical (unpaired) electrons. The third-order valence-electron chi connectivity index (χ3n) is 3.17. The van der Waals surface area contributed by atoms with E-state index < -0.39 is 35.6 Å². The molecule has 0 spiro atoms. The second-order valence-corrected chi connectivity index (χ2v) is 6.40. The smallest absolute Gasteiger partial charge is 0.328 e. The molecule has 7 nitrogen and oxygen atoms in total. The van der Waals surface area contributed by atoms with Crippen molar-refractivity contribution >= 4 is 17.8 Å². The first-order chi connectivity index (χ1) is 11.7. The molecule has 0 aliphatic carbocycles. The van der Waals surface area contributed by atoms with Crippen molar-refractivity contribution in [2.75, 3.05) is 14.2 Å². The number of hydrogen-bond acceptors (Lipinski definition) is 6. The van der Waals surface area contributed by atoms with Crippen molar-refractivity contribution in [3.63, 3.8) is 0 Å². The van der Waals surface area contributed by atoms with Crippen molar-refractivity contribution in [2.45, 2.75) is 44.9 Å². The number of amides is 1. The zero-order valence-electron chi connectivity index (χ0n) is 15.2. The predicted molar refractivity (Wildman–Crippen MR) is 90.6 cm³/mol. The maximum absolute atomic E-state index is 12.5. The SMILES string of the molecule is COC(=O)[C@@H](CC(=O)OC(C)(C)C)NC(=O)[C@@H](OC)c1ccccc1. The minimum absolute atomic E-state index is 0.332. The summed E-state index contributed by atoms with van der Waals surface area (Å²) < 4.78 is 15.1. The maximum Gasteiger partial charge on any atom is 0.328 e. The van der Waals surface area contributed by atoms with Crippen molar-refractivity contribution in [3.8, 4) is 0 Å². The van der Waals surface area contributed by atoms with Gasteiger partial charge in [0.25, 0.3) is 5.91 Å². The largest absolute Gasteiger partial charge is 0.467 e. The Labute approximate surface area is 147 Å². The van der Waals surface area contributed by atoms with E-state index in [9.17, 15) is 14.4 Å². The standard InChI is InChI=1S/C18H25NO6/c1-18(2,3)25-14(20)11-13(17(22)24-5)19-16(21)15(23-4)12-9-7-6-8-10-12/h6-10,13,15H,11H2,1-5H3,(H,19,21)/t13-,15+/m1/s1. The minimum atomic E-state index is -1.16. The molecule has 0 saturated heterocycles. The van der Waals surface area contributed by atoms with Gasteiger partial charge < -0.3 is 19.5 Å². The maximum atomic E-state index is 12.5. The van der Waals surface area contributed by atoms with E-state index in [1.165, 1.54) is 14.2 Å². The summed E-state index contributed by atoms with van der Waals surface area (Å²) in [4.78, 5) is 36.4. The van der Waals surface area contributed by atoms with E-state index in [2.05, 4.69) is 10.1 Å². The summed E-state index contributed by atoms with van der Waals surface area (Å²) in [6, 6.07) is 7.66. The van der Waals surface area contributed by atoms with E-state index in [4.69, 9.17) is 9.47 Å². The van der Waals surface area contributed by atoms with Crippen molar-refractivity contribution in [3.05, 3.63) is 35.9 Å². The first-order valence-electron chi connectivity index (χ1n) is 7.85. The fourth-order valence-electron chi connectivity index (χ4n) is 2.16. The van der Waals surface area contributed by atoms with E-state index in [0.717, 1.165) is 0 Å². The molecular formula is C18H25NO6. The number of hydrogen-bond donors (Lipinski definition) is 1. The molecule has 0 heterocycles. The molecule has 0 aromatic heterocycles. The zero-order chi connectivity index (χ0) is 19.0. The number of benzene rings is 1. The summed E-state index contributed by atoms with van der Waals surface area (Å²) >= 11 is 0. The molecule has 1 amide bonds. The third kappa shape index (κ3) is 6.93. The highest BCUT2D eigenvalue weighted by Gasteiger charge is 2.30. The van der Waals surface area contributed by atoms with Gasteiger partial charge >= 0.3 is 11.9 Å². The molecule has 1 rings (SSSR count). The van der Waals surface area contributed by atoms with Gasteiger partial charge in [0, 0.05) is 7.11 Å². The Morgan fingerprint density at radius 3 is 2.16 bits per heavy atom. The van der Waals surface area contributed by atoms with Crippen LogP contribution < -0.4 is 5.32 Å². The number of esters is 2. The molecule has 2 atom stereocenters. The summed E-state index contributed by atoms with van der Waals surface area (Å²) in [6.45, 7) is 5.15. The summed E-state index contributed by atoms with van der Waals surface area (Å²) in [5.41, 5.74) is -0.0655. The van der Waals surface area contributed by atoms with Gasteiger partial charge in [-0.1, -0.05) is 30.3 Å². The first kappa shape index (κ1) is 20.6. The number of methoxy groups -OCH3 is 2. The zero-order valence-corrected chi connectivity index (χ0v) is 15.2. The highest BCUT2D eigenvalue weighted by Crippen LogP contribution is 2.17. The highest BCUT2D eigenvalue weighted by molar-refractivity contribution is 5.90.